The minimum Gasteiger partial charge on any atom is -0.264 e. The highest BCUT2D eigenvalue weighted by molar-refractivity contribution is 6.24. The Morgan fingerprint density at radius 3 is 1.45 bits per heavy atom. The lowest BCUT2D eigenvalue weighted by Crippen LogP contribution is -2.41. The Labute approximate surface area is 125 Å². The fraction of sp³-hybridized carbons (Fsp3) is 0.0667. The summed E-state index contributed by atoms with van der Waals surface area (Å²) in [6, 6.07) is 14.8. The maximum Gasteiger partial charge on any atom is 0.370 e. The van der Waals surface area contributed by atoms with Crippen molar-refractivity contribution in [3.8, 4) is 0 Å². The van der Waals surface area contributed by atoms with E-state index in [-0.39, 0.29) is 0 Å². The molecule has 22 heavy (non-hydrogen) atoms. The summed E-state index contributed by atoms with van der Waals surface area (Å²) in [4.78, 5) is 35.0. The summed E-state index contributed by atoms with van der Waals surface area (Å²) in [5.74, 6) is -1.74. The molecule has 0 atom stereocenters. The van der Waals surface area contributed by atoms with Crippen LogP contribution in [-0.4, -0.2) is 22.8 Å². The second kappa shape index (κ2) is 5.28. The van der Waals surface area contributed by atoms with E-state index < -0.39 is 22.8 Å². The van der Waals surface area contributed by atoms with Gasteiger partial charge in [-0.1, -0.05) is 36.4 Å². The molecule has 0 bridgehead atoms. The maximum atomic E-state index is 12.4. The van der Waals surface area contributed by atoms with Gasteiger partial charge in [0.2, 0.25) is 0 Å². The van der Waals surface area contributed by atoms with Crippen LogP contribution in [0.4, 0.5) is 11.4 Å². The molecule has 1 saturated heterocycles. The summed E-state index contributed by atoms with van der Waals surface area (Å²) < 4.78 is 0. The molecule has 110 valence electrons. The topological polar surface area (TPSA) is 83.8 Å². The van der Waals surface area contributed by atoms with Crippen LogP contribution >= 0.6 is 0 Å². The van der Waals surface area contributed by atoms with E-state index in [1.54, 1.807) is 60.7 Å². The zero-order valence-corrected chi connectivity index (χ0v) is 11.3. The van der Waals surface area contributed by atoms with Gasteiger partial charge < -0.3 is 0 Å². The van der Waals surface area contributed by atoms with Gasteiger partial charge in [0.05, 0.1) is 11.4 Å². The van der Waals surface area contributed by atoms with Crippen molar-refractivity contribution < 1.29 is 14.5 Å². The van der Waals surface area contributed by atoms with Gasteiger partial charge in [0.1, 0.15) is 0 Å². The van der Waals surface area contributed by atoms with Crippen molar-refractivity contribution in [1.29, 1.82) is 0 Å². The molecule has 1 aliphatic heterocycles. The molecule has 3 rings (SSSR count). The van der Waals surface area contributed by atoms with E-state index in [4.69, 9.17) is 0 Å². The average molecular weight is 297 g/mol. The van der Waals surface area contributed by atoms with E-state index >= 15 is 0 Å². The minimum absolute atomic E-state index is 0.397. The molecule has 2 aromatic carbocycles. The van der Waals surface area contributed by atoms with Gasteiger partial charge in [-0.2, -0.15) is 0 Å². The van der Waals surface area contributed by atoms with E-state index in [1.807, 2.05) is 0 Å². The molecule has 0 aliphatic carbocycles. The van der Waals surface area contributed by atoms with Gasteiger partial charge in [0, 0.05) is 4.92 Å². The number of rotatable bonds is 3. The molecule has 2 amide bonds. The molecule has 0 aromatic heterocycles. The number of hydrogen-bond donors (Lipinski definition) is 0. The average Bonchev–Trinajstić information content (AvgIpc) is 2.80. The van der Waals surface area contributed by atoms with Crippen molar-refractivity contribution in [2.24, 2.45) is 0 Å². The quantitative estimate of drug-likeness (QED) is 0.489. The molecule has 0 radical (unpaired) electrons. The van der Waals surface area contributed by atoms with Crippen LogP contribution in [0.1, 0.15) is 0 Å². The molecule has 1 aliphatic rings. The van der Waals surface area contributed by atoms with Gasteiger partial charge in [0.25, 0.3) is 0 Å². The number of nitro groups is 1. The fourth-order valence-corrected chi connectivity index (χ4v) is 2.34. The zero-order valence-electron chi connectivity index (χ0n) is 11.3. The Morgan fingerprint density at radius 2 is 1.14 bits per heavy atom. The highest BCUT2D eigenvalue weighted by Gasteiger charge is 2.55. The molecule has 7 heteroatoms. The molecule has 0 unspecified atom stereocenters. The molecule has 2 aromatic rings. The number of hydrogen-bond acceptors (Lipinski definition) is 4. The van der Waals surface area contributed by atoms with Crippen LogP contribution in [-0.2, 0) is 9.59 Å². The van der Waals surface area contributed by atoms with Crippen molar-refractivity contribution in [3.05, 3.63) is 70.8 Å². The largest absolute Gasteiger partial charge is 0.370 e. The first-order chi connectivity index (χ1) is 10.6. The normalized spacial score (nSPS) is 15.5. The van der Waals surface area contributed by atoms with E-state index in [0.29, 0.717) is 11.4 Å². The number of nitrogens with zero attached hydrogens (tertiary/aromatic N) is 3. The predicted octanol–water partition coefficient (Wildman–Crippen LogP) is 1.63. The van der Waals surface area contributed by atoms with Crippen LogP contribution < -0.4 is 10.0 Å². The van der Waals surface area contributed by atoms with Crippen LogP contribution in [0.5, 0.6) is 0 Å². The number of amides is 2. The fourth-order valence-electron chi connectivity index (χ4n) is 2.34. The van der Waals surface area contributed by atoms with Gasteiger partial charge in [0.15, 0.2) is 0 Å². The summed E-state index contributed by atoms with van der Waals surface area (Å²) in [6.07, 6.45) is 0. The third-order valence-corrected chi connectivity index (χ3v) is 3.30. The van der Waals surface area contributed by atoms with Crippen molar-refractivity contribution in [3.63, 3.8) is 0 Å². The van der Waals surface area contributed by atoms with E-state index in [0.717, 1.165) is 10.0 Å². The number of carbonyl (C=O) groups excluding carboxylic acids is 2. The molecule has 0 N–H and O–H groups in total. The molecular formula is C15H11N3O4. The van der Waals surface area contributed by atoms with Gasteiger partial charge >= 0.3 is 17.9 Å². The highest BCUT2D eigenvalue weighted by atomic mass is 16.6. The third-order valence-electron chi connectivity index (χ3n) is 3.30. The smallest absolute Gasteiger partial charge is 0.264 e. The summed E-state index contributed by atoms with van der Waals surface area (Å²) >= 11 is 0. The first kappa shape index (κ1) is 13.7. The van der Waals surface area contributed by atoms with Crippen LogP contribution in [0.2, 0.25) is 0 Å². The second-order valence-corrected chi connectivity index (χ2v) is 4.66. The number of benzene rings is 2. The van der Waals surface area contributed by atoms with Gasteiger partial charge in [-0.05, 0) is 24.3 Å². The van der Waals surface area contributed by atoms with E-state index in [1.165, 1.54) is 0 Å². The van der Waals surface area contributed by atoms with Gasteiger partial charge in [-0.25, -0.2) is 10.0 Å². The molecule has 7 nitrogen and oxygen atoms in total. The summed E-state index contributed by atoms with van der Waals surface area (Å²) in [7, 11) is 0. The Bertz CT molecular complexity index is 675. The minimum atomic E-state index is -1.92. The molecule has 1 fully saturated rings. The molecule has 1 heterocycles. The molecule has 0 saturated carbocycles. The second-order valence-electron chi connectivity index (χ2n) is 4.66. The summed E-state index contributed by atoms with van der Waals surface area (Å²) in [5.41, 5.74) is 0.795. The lowest BCUT2D eigenvalue weighted by atomic mass is 10.2. The Morgan fingerprint density at radius 1 is 0.773 bits per heavy atom. The van der Waals surface area contributed by atoms with Crippen molar-refractivity contribution in [2.75, 3.05) is 10.0 Å². The SMILES string of the molecule is O=C1C([N+](=O)[O-])C(=O)N(c2ccccc2)N1c1ccccc1. The Kier molecular flexibility index (Phi) is 3.30. The van der Waals surface area contributed by atoms with E-state index in [9.17, 15) is 19.7 Å². The van der Waals surface area contributed by atoms with Crippen molar-refractivity contribution in [2.45, 2.75) is 6.04 Å². The van der Waals surface area contributed by atoms with Gasteiger partial charge in [-0.3, -0.25) is 19.7 Å². The standard InChI is InChI=1S/C15H11N3O4/c19-14-13(18(21)22)15(20)17(12-9-5-2-6-10-12)16(14)11-7-3-1-4-8-11/h1-10,13H. The first-order valence-electron chi connectivity index (χ1n) is 6.52. The summed E-state index contributed by atoms with van der Waals surface area (Å²) in [6.45, 7) is 0. The molecular weight excluding hydrogens is 286 g/mol. The monoisotopic (exact) mass is 297 g/mol. The van der Waals surface area contributed by atoms with Crippen molar-refractivity contribution >= 4 is 23.2 Å². The highest BCUT2D eigenvalue weighted by Crippen LogP contribution is 2.29. The lowest BCUT2D eigenvalue weighted by Gasteiger charge is -2.26. The Balaban J connectivity index is 2.13. The van der Waals surface area contributed by atoms with E-state index in [2.05, 4.69) is 0 Å². The Hall–Kier alpha value is -3.22. The zero-order chi connectivity index (χ0) is 15.7. The number of anilines is 2. The van der Waals surface area contributed by atoms with Gasteiger partial charge in [-0.15, -0.1) is 0 Å². The third kappa shape index (κ3) is 2.08. The molecule has 0 spiro atoms. The van der Waals surface area contributed by atoms with Crippen LogP contribution in [0.3, 0.4) is 0 Å². The first-order valence-corrected chi connectivity index (χ1v) is 6.52. The predicted molar refractivity (Wildman–Crippen MR) is 78.6 cm³/mol. The van der Waals surface area contributed by atoms with Crippen LogP contribution in [0, 0.1) is 10.1 Å². The van der Waals surface area contributed by atoms with Crippen LogP contribution in [0.15, 0.2) is 60.7 Å². The number of para-hydroxylation sites is 2. The number of carbonyl (C=O) groups is 2. The van der Waals surface area contributed by atoms with Crippen molar-refractivity contribution in [1.82, 2.24) is 0 Å². The van der Waals surface area contributed by atoms with Crippen LogP contribution in [0.25, 0.3) is 0 Å². The lowest BCUT2D eigenvalue weighted by molar-refractivity contribution is -0.491. The summed E-state index contributed by atoms with van der Waals surface area (Å²) in [5, 5.41) is 13.2. The maximum absolute atomic E-state index is 12.4. The number of hydrazine groups is 1.